The van der Waals surface area contributed by atoms with Crippen molar-refractivity contribution in [2.75, 3.05) is 5.32 Å². The van der Waals surface area contributed by atoms with E-state index >= 15 is 0 Å². The molecule has 2 aromatic heterocycles. The van der Waals surface area contributed by atoms with Crippen molar-refractivity contribution in [3.8, 4) is 0 Å². The van der Waals surface area contributed by atoms with Crippen molar-refractivity contribution in [3.63, 3.8) is 0 Å². The highest BCUT2D eigenvalue weighted by molar-refractivity contribution is 5.90. The number of alkyl halides is 4. The minimum atomic E-state index is -3.16. The molecule has 0 bridgehead atoms. The van der Waals surface area contributed by atoms with Gasteiger partial charge in [0.1, 0.15) is 23.7 Å². The zero-order chi connectivity index (χ0) is 22.9. The van der Waals surface area contributed by atoms with Gasteiger partial charge in [-0.05, 0) is 6.07 Å². The Kier molecular flexibility index (Phi) is 6.27. The monoisotopic (exact) mass is 453 g/mol. The number of aromatic nitrogens is 4. The number of carbonyl (C=O) groups excluding carboxylic acids is 1. The fourth-order valence-corrected chi connectivity index (χ4v) is 2.62. The van der Waals surface area contributed by atoms with Gasteiger partial charge in [-0.3, -0.25) is 14.2 Å². The first-order valence-electron chi connectivity index (χ1n) is 8.35. The molecule has 1 aromatic carbocycles. The molecular weight excluding hydrogens is 442 g/mol. The van der Waals surface area contributed by atoms with Crippen LogP contribution in [0, 0.1) is 23.3 Å². The summed E-state index contributed by atoms with van der Waals surface area (Å²) in [5.74, 6) is -7.61. The summed E-state index contributed by atoms with van der Waals surface area (Å²) < 4.78 is 106. The van der Waals surface area contributed by atoms with Crippen LogP contribution in [0.1, 0.15) is 29.8 Å². The summed E-state index contributed by atoms with van der Waals surface area (Å²) in [6.07, 6.45) is -4.18. The Bertz CT molecular complexity index is 1110. The average Bonchev–Trinajstić information content (AvgIpc) is 3.30. The SMILES string of the molecule is O=C(Cn1nc(C(F)F)cc1C(F)F)Nc1cnn(Cc2c(F)cc(F)c(F)c2F)c1. The average molecular weight is 453 g/mol. The van der Waals surface area contributed by atoms with Crippen LogP contribution in [-0.2, 0) is 17.9 Å². The first kappa shape index (κ1) is 22.2. The summed E-state index contributed by atoms with van der Waals surface area (Å²) in [5.41, 5.74) is -2.68. The highest BCUT2D eigenvalue weighted by Crippen LogP contribution is 2.25. The Balaban J connectivity index is 1.71. The predicted molar refractivity (Wildman–Crippen MR) is 88.4 cm³/mol. The maximum atomic E-state index is 13.7. The van der Waals surface area contributed by atoms with Crippen LogP contribution in [0.3, 0.4) is 0 Å². The van der Waals surface area contributed by atoms with Crippen LogP contribution in [0.4, 0.5) is 40.8 Å². The molecule has 0 spiro atoms. The number of amides is 1. The van der Waals surface area contributed by atoms with Crippen molar-refractivity contribution in [2.24, 2.45) is 0 Å². The van der Waals surface area contributed by atoms with Gasteiger partial charge in [0.15, 0.2) is 17.5 Å². The number of rotatable bonds is 7. The maximum absolute atomic E-state index is 13.7. The highest BCUT2D eigenvalue weighted by atomic mass is 19.3. The van der Waals surface area contributed by atoms with Crippen molar-refractivity contribution in [2.45, 2.75) is 25.9 Å². The van der Waals surface area contributed by atoms with Gasteiger partial charge in [-0.2, -0.15) is 10.2 Å². The van der Waals surface area contributed by atoms with E-state index in [2.05, 4.69) is 15.5 Å². The molecular formula is C17H11F8N5O. The second-order valence-corrected chi connectivity index (χ2v) is 6.17. The molecule has 2 heterocycles. The fraction of sp³-hybridized carbons (Fsp3) is 0.235. The second-order valence-electron chi connectivity index (χ2n) is 6.17. The normalized spacial score (nSPS) is 11.5. The smallest absolute Gasteiger partial charge is 0.282 e. The van der Waals surface area contributed by atoms with Crippen LogP contribution in [0.25, 0.3) is 0 Å². The summed E-state index contributed by atoms with van der Waals surface area (Å²) in [5, 5.41) is 9.17. The first-order valence-corrected chi connectivity index (χ1v) is 8.35. The van der Waals surface area contributed by atoms with E-state index in [1.54, 1.807) is 0 Å². The van der Waals surface area contributed by atoms with Gasteiger partial charge in [0.05, 0.1) is 18.4 Å². The Morgan fingerprint density at radius 2 is 1.71 bits per heavy atom. The number of halogens is 8. The van der Waals surface area contributed by atoms with Gasteiger partial charge >= 0.3 is 0 Å². The lowest BCUT2D eigenvalue weighted by atomic mass is 10.2. The van der Waals surface area contributed by atoms with Crippen LogP contribution in [0.15, 0.2) is 24.5 Å². The van der Waals surface area contributed by atoms with Crippen molar-refractivity contribution < 1.29 is 39.9 Å². The van der Waals surface area contributed by atoms with Gasteiger partial charge in [-0.1, -0.05) is 0 Å². The quantitative estimate of drug-likeness (QED) is 0.332. The van der Waals surface area contributed by atoms with Gasteiger partial charge in [-0.15, -0.1) is 0 Å². The van der Waals surface area contributed by atoms with Crippen LogP contribution >= 0.6 is 0 Å². The molecule has 1 N–H and O–H groups in total. The number of nitrogens with one attached hydrogen (secondary N) is 1. The van der Waals surface area contributed by atoms with E-state index < -0.39 is 72.1 Å². The highest BCUT2D eigenvalue weighted by Gasteiger charge is 2.23. The summed E-state index contributed by atoms with van der Waals surface area (Å²) in [4.78, 5) is 12.0. The van der Waals surface area contributed by atoms with Crippen LogP contribution in [0.5, 0.6) is 0 Å². The molecule has 14 heteroatoms. The predicted octanol–water partition coefficient (Wildman–Crippen LogP) is 4.20. The van der Waals surface area contributed by atoms with Crippen molar-refractivity contribution in [3.05, 3.63) is 64.7 Å². The molecule has 0 saturated carbocycles. The maximum Gasteiger partial charge on any atom is 0.282 e. The molecule has 3 rings (SSSR count). The zero-order valence-electron chi connectivity index (χ0n) is 15.1. The largest absolute Gasteiger partial charge is 0.322 e. The number of carbonyl (C=O) groups is 1. The van der Waals surface area contributed by atoms with Gasteiger partial charge in [0.25, 0.3) is 12.9 Å². The lowest BCUT2D eigenvalue weighted by Crippen LogP contribution is -2.21. The van der Waals surface area contributed by atoms with Crippen molar-refractivity contribution in [1.29, 1.82) is 0 Å². The lowest BCUT2D eigenvalue weighted by molar-refractivity contribution is -0.117. The van der Waals surface area contributed by atoms with E-state index in [1.165, 1.54) is 0 Å². The molecule has 0 atom stereocenters. The zero-order valence-corrected chi connectivity index (χ0v) is 15.1. The first-order chi connectivity index (χ1) is 14.6. The molecule has 6 nitrogen and oxygen atoms in total. The number of anilines is 1. The third-order valence-corrected chi connectivity index (χ3v) is 4.02. The Hall–Kier alpha value is -3.45. The van der Waals surface area contributed by atoms with E-state index in [9.17, 15) is 39.9 Å². The Morgan fingerprint density at radius 1 is 1.00 bits per heavy atom. The van der Waals surface area contributed by atoms with Crippen LogP contribution < -0.4 is 5.32 Å². The Morgan fingerprint density at radius 3 is 2.35 bits per heavy atom. The number of hydrogen-bond donors (Lipinski definition) is 1. The molecule has 31 heavy (non-hydrogen) atoms. The van der Waals surface area contributed by atoms with Gasteiger partial charge in [-0.25, -0.2) is 35.1 Å². The minimum Gasteiger partial charge on any atom is -0.322 e. The Labute approximate surface area is 168 Å². The number of benzene rings is 1. The van der Waals surface area contributed by atoms with E-state index in [0.717, 1.165) is 17.1 Å². The summed E-state index contributed by atoms with van der Waals surface area (Å²) in [7, 11) is 0. The van der Waals surface area contributed by atoms with Crippen molar-refractivity contribution >= 4 is 11.6 Å². The van der Waals surface area contributed by atoms with Crippen molar-refractivity contribution in [1.82, 2.24) is 19.6 Å². The summed E-state index contributed by atoms with van der Waals surface area (Å²) in [6.45, 7) is -1.48. The number of hydrogen-bond acceptors (Lipinski definition) is 3. The number of nitrogens with zero attached hydrogens (tertiary/aromatic N) is 4. The van der Waals surface area contributed by atoms with Crippen LogP contribution in [-0.4, -0.2) is 25.5 Å². The molecule has 1 amide bonds. The van der Waals surface area contributed by atoms with Crippen LogP contribution in [0.2, 0.25) is 0 Å². The molecule has 166 valence electrons. The fourth-order valence-electron chi connectivity index (χ4n) is 2.62. The third-order valence-electron chi connectivity index (χ3n) is 4.02. The standard InChI is InChI=1S/C17H11F8N5O/c18-9-1-10(19)15(21)14(20)8(9)5-29-4-7(3-26-29)27-13(31)6-30-12(17(24)25)2-11(28-30)16(22)23/h1-4,16-17H,5-6H2,(H,27,31). The van der Waals surface area contributed by atoms with E-state index in [0.29, 0.717) is 10.7 Å². The minimum absolute atomic E-state index is 0.0479. The van der Waals surface area contributed by atoms with E-state index in [1.807, 2.05) is 0 Å². The summed E-state index contributed by atoms with van der Waals surface area (Å²) in [6, 6.07) is 0.643. The third kappa shape index (κ3) is 4.83. The molecule has 0 saturated heterocycles. The molecule has 0 fully saturated rings. The van der Waals surface area contributed by atoms with Gasteiger partial charge in [0.2, 0.25) is 5.91 Å². The molecule has 3 aromatic rings. The second kappa shape index (κ2) is 8.73. The molecule has 0 aliphatic carbocycles. The van der Waals surface area contributed by atoms with E-state index in [4.69, 9.17) is 0 Å². The van der Waals surface area contributed by atoms with Gasteiger partial charge < -0.3 is 5.32 Å². The summed E-state index contributed by atoms with van der Waals surface area (Å²) >= 11 is 0. The van der Waals surface area contributed by atoms with E-state index in [-0.39, 0.29) is 11.8 Å². The van der Waals surface area contributed by atoms with Gasteiger partial charge in [0, 0.05) is 17.8 Å². The molecule has 0 aliphatic rings. The molecule has 0 unspecified atom stereocenters. The molecule has 0 radical (unpaired) electrons. The topological polar surface area (TPSA) is 64.7 Å². The lowest BCUT2D eigenvalue weighted by Gasteiger charge is -2.07. The molecule has 0 aliphatic heterocycles.